The maximum atomic E-state index is 11.1. The molecule has 0 heterocycles. The van der Waals surface area contributed by atoms with E-state index in [0.717, 1.165) is 18.4 Å². The number of aliphatic hydroxyl groups is 2. The molecule has 0 aromatic heterocycles. The predicted octanol–water partition coefficient (Wildman–Crippen LogP) is 3.16. The van der Waals surface area contributed by atoms with E-state index in [9.17, 15) is 15.0 Å². The molecule has 150 valence electrons. The number of hydrogen-bond acceptors (Lipinski definition) is 5. The lowest BCUT2D eigenvalue weighted by Crippen LogP contribution is -2.26. The molecule has 27 heavy (non-hydrogen) atoms. The van der Waals surface area contributed by atoms with Crippen LogP contribution < -0.4 is 0 Å². The van der Waals surface area contributed by atoms with Crippen LogP contribution >= 0.6 is 0 Å². The van der Waals surface area contributed by atoms with Gasteiger partial charge in [0.05, 0.1) is 32.5 Å². The van der Waals surface area contributed by atoms with Gasteiger partial charge in [-0.3, -0.25) is 4.79 Å². The first-order chi connectivity index (χ1) is 13.0. The number of aliphatic hydroxyl groups excluding tert-OH is 2. The van der Waals surface area contributed by atoms with E-state index < -0.39 is 12.2 Å². The summed E-state index contributed by atoms with van der Waals surface area (Å²) in [5.41, 5.74) is 2.31. The van der Waals surface area contributed by atoms with Crippen LogP contribution in [0.2, 0.25) is 0 Å². The lowest BCUT2D eigenvalue weighted by atomic mass is 9.91. The number of methoxy groups -OCH3 is 1. The molecule has 4 atom stereocenters. The predicted molar refractivity (Wildman–Crippen MR) is 104 cm³/mol. The summed E-state index contributed by atoms with van der Waals surface area (Å²) in [7, 11) is 1.39. The van der Waals surface area contributed by atoms with Crippen molar-refractivity contribution in [1.82, 2.24) is 0 Å². The smallest absolute Gasteiger partial charge is 0.305 e. The number of allylic oxidation sites excluding steroid dienone is 2. The minimum Gasteiger partial charge on any atom is -0.469 e. The molecule has 1 aromatic carbocycles. The molecule has 1 aromatic rings. The Kier molecular flexibility index (Phi) is 8.98. The normalized spacial score (nSPS) is 25.2. The number of hydrogen-bond donors (Lipinski definition) is 2. The molecule has 1 aliphatic carbocycles. The van der Waals surface area contributed by atoms with Crippen LogP contribution in [0.25, 0.3) is 0 Å². The summed E-state index contributed by atoms with van der Waals surface area (Å²) < 4.78 is 10.5. The van der Waals surface area contributed by atoms with Gasteiger partial charge >= 0.3 is 5.97 Å². The van der Waals surface area contributed by atoms with Gasteiger partial charge in [0, 0.05) is 12.3 Å². The number of rotatable bonds is 10. The Morgan fingerprint density at radius 2 is 2.00 bits per heavy atom. The second-order valence-electron chi connectivity index (χ2n) is 7.38. The lowest BCUT2D eigenvalue weighted by molar-refractivity contribution is -0.140. The maximum Gasteiger partial charge on any atom is 0.305 e. The first-order valence-corrected chi connectivity index (χ1v) is 9.72. The third kappa shape index (κ3) is 7.09. The second-order valence-corrected chi connectivity index (χ2v) is 7.38. The zero-order valence-electron chi connectivity index (χ0n) is 16.3. The van der Waals surface area contributed by atoms with E-state index in [1.54, 1.807) is 0 Å². The van der Waals surface area contributed by atoms with Crippen molar-refractivity contribution in [2.75, 3.05) is 13.7 Å². The minimum absolute atomic E-state index is 0.00522. The standard InChI is InChI=1S/C22H32O5/c1-16-8-7-9-17(12-16)14-27-15-19-18(20(23)13-21(19)24)10-5-3-4-6-11-22(25)26-2/h3,5,7-9,12,18-21,23-24H,4,6,10-11,13-15H2,1-2H3/b5-3-. The van der Waals surface area contributed by atoms with Crippen molar-refractivity contribution in [3.8, 4) is 0 Å². The Bertz CT molecular complexity index is 612. The van der Waals surface area contributed by atoms with E-state index in [-0.39, 0.29) is 17.8 Å². The van der Waals surface area contributed by atoms with E-state index in [4.69, 9.17) is 4.74 Å². The average Bonchev–Trinajstić information content (AvgIpc) is 2.91. The fourth-order valence-corrected chi connectivity index (χ4v) is 3.69. The number of aryl methyl sites for hydroxylation is 1. The molecule has 0 bridgehead atoms. The van der Waals surface area contributed by atoms with Crippen molar-refractivity contribution in [3.63, 3.8) is 0 Å². The number of ether oxygens (including phenoxy) is 2. The van der Waals surface area contributed by atoms with Gasteiger partial charge in [-0.2, -0.15) is 0 Å². The summed E-state index contributed by atoms with van der Waals surface area (Å²) in [6.45, 7) is 3.00. The minimum atomic E-state index is -0.532. The number of carbonyl (C=O) groups is 1. The molecule has 2 rings (SSSR count). The van der Waals surface area contributed by atoms with Crippen LogP contribution in [0, 0.1) is 18.8 Å². The van der Waals surface area contributed by atoms with Crippen molar-refractivity contribution >= 4 is 5.97 Å². The first-order valence-electron chi connectivity index (χ1n) is 9.72. The molecule has 0 aliphatic heterocycles. The van der Waals surface area contributed by atoms with Crippen molar-refractivity contribution in [3.05, 3.63) is 47.5 Å². The van der Waals surface area contributed by atoms with Crippen LogP contribution in [0.5, 0.6) is 0 Å². The molecule has 0 amide bonds. The Hall–Kier alpha value is -1.69. The molecule has 1 saturated carbocycles. The van der Waals surface area contributed by atoms with Crippen molar-refractivity contribution in [1.29, 1.82) is 0 Å². The number of carbonyl (C=O) groups excluding carboxylic acids is 1. The molecule has 4 unspecified atom stereocenters. The molecular formula is C22H32O5. The highest BCUT2D eigenvalue weighted by Gasteiger charge is 2.40. The molecule has 0 saturated heterocycles. The van der Waals surface area contributed by atoms with Gasteiger partial charge in [0.25, 0.3) is 0 Å². The van der Waals surface area contributed by atoms with E-state index in [1.165, 1.54) is 12.7 Å². The molecule has 1 fully saturated rings. The van der Waals surface area contributed by atoms with Crippen LogP contribution in [0.15, 0.2) is 36.4 Å². The Labute approximate surface area is 162 Å². The monoisotopic (exact) mass is 376 g/mol. The van der Waals surface area contributed by atoms with Gasteiger partial charge in [0.15, 0.2) is 0 Å². The highest BCUT2D eigenvalue weighted by Crippen LogP contribution is 2.35. The molecule has 5 heteroatoms. The van der Waals surface area contributed by atoms with Crippen LogP contribution in [-0.2, 0) is 20.9 Å². The SMILES string of the molecule is COC(=O)CCC/C=C\CC1C(O)CC(O)C1COCc1cccc(C)c1. The largest absolute Gasteiger partial charge is 0.469 e. The van der Waals surface area contributed by atoms with Gasteiger partial charge in [-0.15, -0.1) is 0 Å². The summed E-state index contributed by atoms with van der Waals surface area (Å²) in [5.74, 6) is -0.262. The van der Waals surface area contributed by atoms with E-state index in [2.05, 4.69) is 10.8 Å². The van der Waals surface area contributed by atoms with Gasteiger partial charge in [-0.05, 0) is 44.1 Å². The third-order valence-corrected chi connectivity index (χ3v) is 5.24. The van der Waals surface area contributed by atoms with Crippen LogP contribution in [0.3, 0.4) is 0 Å². The van der Waals surface area contributed by atoms with Crippen molar-refractivity contribution in [2.45, 2.75) is 57.8 Å². The van der Waals surface area contributed by atoms with E-state index in [0.29, 0.717) is 32.5 Å². The quantitative estimate of drug-likeness (QED) is 0.373. The molecule has 2 N–H and O–H groups in total. The molecule has 0 spiro atoms. The third-order valence-electron chi connectivity index (χ3n) is 5.24. The number of benzene rings is 1. The molecule has 0 radical (unpaired) electrons. The number of unbranched alkanes of at least 4 members (excludes halogenated alkanes) is 1. The molecular weight excluding hydrogens is 344 g/mol. The van der Waals surface area contributed by atoms with Gasteiger partial charge in [0.1, 0.15) is 0 Å². The lowest BCUT2D eigenvalue weighted by Gasteiger charge is -2.22. The highest BCUT2D eigenvalue weighted by atomic mass is 16.5. The van der Waals surface area contributed by atoms with Gasteiger partial charge in [-0.1, -0.05) is 42.0 Å². The second kappa shape index (κ2) is 11.2. The highest BCUT2D eigenvalue weighted by molar-refractivity contribution is 5.69. The fraction of sp³-hybridized carbons (Fsp3) is 0.591. The topological polar surface area (TPSA) is 76.0 Å². The van der Waals surface area contributed by atoms with Crippen LogP contribution in [-0.4, -0.2) is 42.1 Å². The van der Waals surface area contributed by atoms with Gasteiger partial charge in [0.2, 0.25) is 0 Å². The van der Waals surface area contributed by atoms with Crippen molar-refractivity contribution < 1.29 is 24.5 Å². The van der Waals surface area contributed by atoms with Crippen molar-refractivity contribution in [2.24, 2.45) is 11.8 Å². The fourth-order valence-electron chi connectivity index (χ4n) is 3.69. The summed E-state index contributed by atoms with van der Waals surface area (Å²) in [5, 5.41) is 20.6. The average molecular weight is 376 g/mol. The summed E-state index contributed by atoms with van der Waals surface area (Å²) in [6, 6.07) is 8.18. The van der Waals surface area contributed by atoms with Crippen LogP contribution in [0.1, 0.15) is 43.2 Å². The zero-order chi connectivity index (χ0) is 19.6. The Morgan fingerprint density at radius 3 is 2.74 bits per heavy atom. The zero-order valence-corrected chi connectivity index (χ0v) is 16.3. The van der Waals surface area contributed by atoms with E-state index >= 15 is 0 Å². The Morgan fingerprint density at radius 1 is 1.22 bits per heavy atom. The van der Waals surface area contributed by atoms with Gasteiger partial charge in [-0.25, -0.2) is 0 Å². The Balaban J connectivity index is 1.77. The first kappa shape index (κ1) is 21.6. The van der Waals surface area contributed by atoms with Gasteiger partial charge < -0.3 is 19.7 Å². The maximum absolute atomic E-state index is 11.1. The summed E-state index contributed by atoms with van der Waals surface area (Å²) in [6.07, 6.45) is 6.11. The van der Waals surface area contributed by atoms with E-state index in [1.807, 2.05) is 37.3 Å². The molecule has 5 nitrogen and oxygen atoms in total. The van der Waals surface area contributed by atoms with Crippen LogP contribution in [0.4, 0.5) is 0 Å². The summed E-state index contributed by atoms with van der Waals surface area (Å²) >= 11 is 0. The summed E-state index contributed by atoms with van der Waals surface area (Å²) in [4.78, 5) is 11.1. The molecule has 1 aliphatic rings. The number of esters is 1.